The van der Waals surface area contributed by atoms with Gasteiger partial charge in [0.1, 0.15) is 5.75 Å². The Morgan fingerprint density at radius 1 is 1.10 bits per heavy atom. The van der Waals surface area contributed by atoms with Crippen LogP contribution in [0.5, 0.6) is 5.75 Å². The van der Waals surface area contributed by atoms with Crippen LogP contribution in [0.25, 0.3) is 0 Å². The van der Waals surface area contributed by atoms with Crippen LogP contribution >= 0.6 is 0 Å². The molecule has 1 N–H and O–H groups in total. The van der Waals surface area contributed by atoms with Crippen molar-refractivity contribution in [3.05, 3.63) is 53.6 Å². The minimum atomic E-state index is -0.510. The van der Waals surface area contributed by atoms with Crippen LogP contribution in [0.1, 0.15) is 36.7 Å². The molecule has 31 heavy (non-hydrogen) atoms. The van der Waals surface area contributed by atoms with Gasteiger partial charge < -0.3 is 24.4 Å². The molecule has 2 aromatic rings. The molecule has 0 unspecified atom stereocenters. The first-order valence-electron chi connectivity index (χ1n) is 10.4. The maximum Gasteiger partial charge on any atom is 0.340 e. The highest BCUT2D eigenvalue weighted by molar-refractivity contribution is 6.02. The van der Waals surface area contributed by atoms with Gasteiger partial charge in [-0.2, -0.15) is 0 Å². The van der Waals surface area contributed by atoms with Gasteiger partial charge >= 0.3 is 5.97 Å². The molecule has 2 aromatic carbocycles. The van der Waals surface area contributed by atoms with Crippen molar-refractivity contribution in [1.82, 2.24) is 0 Å². The predicted octanol–water partition coefficient (Wildman–Crippen LogP) is 3.62. The van der Waals surface area contributed by atoms with Gasteiger partial charge in [-0.15, -0.1) is 0 Å². The lowest BCUT2D eigenvalue weighted by Crippen LogP contribution is -2.36. The molecular formula is C24H30N2O5. The fourth-order valence-corrected chi connectivity index (χ4v) is 3.33. The topological polar surface area (TPSA) is 77.1 Å². The SMILES string of the molecule is COC(=O)c1cc(N2CCOCC2)ccc1NC(=O)COc1cccc(C(C)(C)C)c1. The molecule has 1 saturated heterocycles. The Bertz CT molecular complexity index is 930. The zero-order valence-corrected chi connectivity index (χ0v) is 18.6. The number of nitrogens with zero attached hydrogens (tertiary/aromatic N) is 1. The van der Waals surface area contributed by atoms with E-state index < -0.39 is 5.97 Å². The third kappa shape index (κ3) is 5.98. The molecule has 0 aromatic heterocycles. The maximum atomic E-state index is 12.5. The monoisotopic (exact) mass is 426 g/mol. The Balaban J connectivity index is 1.69. The summed E-state index contributed by atoms with van der Waals surface area (Å²) in [5.74, 6) is -0.243. The fourth-order valence-electron chi connectivity index (χ4n) is 3.33. The highest BCUT2D eigenvalue weighted by atomic mass is 16.5. The van der Waals surface area contributed by atoms with Crippen molar-refractivity contribution in [3.63, 3.8) is 0 Å². The standard InChI is InChI=1S/C24H30N2O5/c1-24(2,3)17-6-5-7-19(14-17)31-16-22(27)25-21-9-8-18(15-20(21)23(28)29-4)26-10-12-30-13-11-26/h5-9,14-15H,10-13,16H2,1-4H3,(H,25,27). The first-order valence-corrected chi connectivity index (χ1v) is 10.4. The summed E-state index contributed by atoms with van der Waals surface area (Å²) >= 11 is 0. The van der Waals surface area contributed by atoms with E-state index in [9.17, 15) is 9.59 Å². The van der Waals surface area contributed by atoms with Crippen molar-refractivity contribution in [2.24, 2.45) is 0 Å². The van der Waals surface area contributed by atoms with Gasteiger partial charge in [0.15, 0.2) is 6.61 Å². The predicted molar refractivity (Wildman–Crippen MR) is 120 cm³/mol. The Morgan fingerprint density at radius 3 is 2.52 bits per heavy atom. The summed E-state index contributed by atoms with van der Waals surface area (Å²) < 4.78 is 16.0. The molecule has 1 heterocycles. The lowest BCUT2D eigenvalue weighted by Gasteiger charge is -2.29. The van der Waals surface area contributed by atoms with Crippen molar-refractivity contribution in [2.45, 2.75) is 26.2 Å². The molecular weight excluding hydrogens is 396 g/mol. The zero-order chi connectivity index (χ0) is 22.4. The molecule has 166 valence electrons. The molecule has 3 rings (SSSR count). The second-order valence-corrected chi connectivity index (χ2v) is 8.44. The van der Waals surface area contributed by atoms with Gasteiger partial charge in [-0.25, -0.2) is 4.79 Å². The molecule has 1 amide bonds. The van der Waals surface area contributed by atoms with Crippen LogP contribution in [-0.2, 0) is 19.7 Å². The third-order valence-electron chi connectivity index (χ3n) is 5.13. The molecule has 0 saturated carbocycles. The molecule has 0 radical (unpaired) electrons. The Kier molecular flexibility index (Phi) is 7.17. The van der Waals surface area contributed by atoms with Gasteiger partial charge in [0.25, 0.3) is 5.91 Å². The Labute approximate surface area is 183 Å². The lowest BCUT2D eigenvalue weighted by molar-refractivity contribution is -0.118. The van der Waals surface area contributed by atoms with Crippen LogP contribution in [0, 0.1) is 0 Å². The number of ether oxygens (including phenoxy) is 3. The summed E-state index contributed by atoms with van der Waals surface area (Å²) in [5, 5.41) is 2.76. The largest absolute Gasteiger partial charge is 0.484 e. The van der Waals surface area contributed by atoms with Gasteiger partial charge in [0.2, 0.25) is 0 Å². The zero-order valence-electron chi connectivity index (χ0n) is 18.6. The lowest BCUT2D eigenvalue weighted by atomic mass is 9.87. The van der Waals surface area contributed by atoms with Crippen molar-refractivity contribution in [2.75, 3.05) is 50.2 Å². The minimum absolute atomic E-state index is 0.0146. The second kappa shape index (κ2) is 9.83. The van der Waals surface area contributed by atoms with E-state index in [1.165, 1.54) is 7.11 Å². The fraction of sp³-hybridized carbons (Fsp3) is 0.417. The van der Waals surface area contributed by atoms with Crippen LogP contribution in [0.15, 0.2) is 42.5 Å². The normalized spacial score (nSPS) is 14.1. The summed E-state index contributed by atoms with van der Waals surface area (Å²) in [4.78, 5) is 26.9. The summed E-state index contributed by atoms with van der Waals surface area (Å²) in [5.41, 5.74) is 2.68. The van der Waals surface area contributed by atoms with E-state index in [1.807, 2.05) is 30.3 Å². The van der Waals surface area contributed by atoms with Crippen LogP contribution in [-0.4, -0.2) is 51.9 Å². The van der Waals surface area contributed by atoms with Crippen molar-refractivity contribution in [3.8, 4) is 5.75 Å². The highest BCUT2D eigenvalue weighted by Gasteiger charge is 2.19. The number of carbonyl (C=O) groups excluding carboxylic acids is 2. The molecule has 1 aliphatic heterocycles. The van der Waals surface area contributed by atoms with E-state index >= 15 is 0 Å². The van der Waals surface area contributed by atoms with E-state index in [1.54, 1.807) is 12.1 Å². The number of nitrogens with one attached hydrogen (secondary N) is 1. The van der Waals surface area contributed by atoms with E-state index in [4.69, 9.17) is 14.2 Å². The number of carbonyl (C=O) groups is 2. The number of methoxy groups -OCH3 is 1. The molecule has 0 spiro atoms. The van der Waals surface area contributed by atoms with Crippen molar-refractivity contribution < 1.29 is 23.8 Å². The van der Waals surface area contributed by atoms with Gasteiger partial charge in [-0.3, -0.25) is 4.79 Å². The highest BCUT2D eigenvalue weighted by Crippen LogP contribution is 2.27. The number of hydrogen-bond donors (Lipinski definition) is 1. The smallest absolute Gasteiger partial charge is 0.340 e. The molecule has 7 nitrogen and oxygen atoms in total. The number of esters is 1. The molecule has 7 heteroatoms. The van der Waals surface area contributed by atoms with Crippen LogP contribution in [0.2, 0.25) is 0 Å². The van der Waals surface area contributed by atoms with E-state index in [0.717, 1.165) is 24.3 Å². The Hall–Kier alpha value is -3.06. The molecule has 0 atom stereocenters. The number of anilines is 2. The van der Waals surface area contributed by atoms with Crippen LogP contribution in [0.4, 0.5) is 11.4 Å². The summed E-state index contributed by atoms with van der Waals surface area (Å²) in [6.07, 6.45) is 0. The average molecular weight is 427 g/mol. The quantitative estimate of drug-likeness (QED) is 0.711. The summed E-state index contributed by atoms with van der Waals surface area (Å²) in [6, 6.07) is 13.0. The Morgan fingerprint density at radius 2 is 1.84 bits per heavy atom. The average Bonchev–Trinajstić information content (AvgIpc) is 2.77. The third-order valence-corrected chi connectivity index (χ3v) is 5.13. The van der Waals surface area contributed by atoms with Gasteiger partial charge in [0, 0.05) is 18.8 Å². The number of rotatable bonds is 6. The van der Waals surface area contributed by atoms with Crippen molar-refractivity contribution in [1.29, 1.82) is 0 Å². The number of hydrogen-bond acceptors (Lipinski definition) is 6. The van der Waals surface area contributed by atoms with Gasteiger partial charge in [0.05, 0.1) is 31.6 Å². The van der Waals surface area contributed by atoms with Gasteiger partial charge in [-0.1, -0.05) is 32.9 Å². The van der Waals surface area contributed by atoms with Crippen LogP contribution < -0.4 is 15.0 Å². The molecule has 1 aliphatic rings. The van der Waals surface area contributed by atoms with E-state index in [2.05, 4.69) is 31.0 Å². The minimum Gasteiger partial charge on any atom is -0.484 e. The number of benzene rings is 2. The van der Waals surface area contributed by atoms with E-state index in [0.29, 0.717) is 30.2 Å². The van der Waals surface area contributed by atoms with Crippen molar-refractivity contribution >= 4 is 23.3 Å². The first-order chi connectivity index (χ1) is 14.8. The number of morpholine rings is 1. The second-order valence-electron chi connectivity index (χ2n) is 8.44. The number of amides is 1. The van der Waals surface area contributed by atoms with Gasteiger partial charge in [-0.05, 0) is 41.3 Å². The maximum absolute atomic E-state index is 12.5. The summed E-state index contributed by atoms with van der Waals surface area (Å²) in [6.45, 7) is 8.95. The molecule has 1 fully saturated rings. The van der Waals surface area contributed by atoms with E-state index in [-0.39, 0.29) is 17.9 Å². The molecule has 0 aliphatic carbocycles. The summed E-state index contributed by atoms with van der Waals surface area (Å²) in [7, 11) is 1.32. The van der Waals surface area contributed by atoms with Crippen LogP contribution in [0.3, 0.4) is 0 Å². The molecule has 0 bridgehead atoms. The first kappa shape index (κ1) is 22.6.